The lowest BCUT2D eigenvalue weighted by atomic mass is 9.97. The summed E-state index contributed by atoms with van der Waals surface area (Å²) in [4.78, 5) is 25.2. The number of carboxylic acids is 1. The first-order valence-corrected chi connectivity index (χ1v) is 7.00. The number of carbonyl (C=O) groups is 2. The molecule has 1 amide bonds. The second kappa shape index (κ2) is 5.25. The fraction of sp³-hybridized carbons (Fsp3) is 0.467. The molecular weight excluding hydrogens is 256 g/mol. The van der Waals surface area contributed by atoms with Crippen molar-refractivity contribution in [3.63, 3.8) is 0 Å². The number of hydrogen-bond donors (Lipinski definition) is 2. The van der Waals surface area contributed by atoms with Gasteiger partial charge in [-0.15, -0.1) is 0 Å². The molecule has 2 heterocycles. The number of piperidine rings is 1. The van der Waals surface area contributed by atoms with Gasteiger partial charge in [-0.3, -0.25) is 9.59 Å². The van der Waals surface area contributed by atoms with Gasteiger partial charge in [-0.2, -0.15) is 0 Å². The monoisotopic (exact) mass is 274 g/mol. The van der Waals surface area contributed by atoms with E-state index in [1.165, 1.54) is 11.1 Å². The summed E-state index contributed by atoms with van der Waals surface area (Å²) < 4.78 is 0. The molecule has 1 atom stereocenters. The molecule has 1 aromatic carbocycles. The molecule has 0 aliphatic carbocycles. The van der Waals surface area contributed by atoms with Gasteiger partial charge in [-0.25, -0.2) is 0 Å². The molecule has 3 rings (SSSR count). The highest BCUT2D eigenvalue weighted by atomic mass is 16.4. The summed E-state index contributed by atoms with van der Waals surface area (Å²) in [6.07, 6.45) is 1.42. The van der Waals surface area contributed by atoms with Crippen molar-refractivity contribution in [1.82, 2.24) is 10.2 Å². The fourth-order valence-corrected chi connectivity index (χ4v) is 2.97. The molecule has 0 unspecified atom stereocenters. The van der Waals surface area contributed by atoms with Gasteiger partial charge in [0.1, 0.15) is 0 Å². The van der Waals surface area contributed by atoms with Crippen LogP contribution in [-0.2, 0) is 17.9 Å². The van der Waals surface area contributed by atoms with E-state index >= 15 is 0 Å². The van der Waals surface area contributed by atoms with Crippen molar-refractivity contribution in [2.75, 3.05) is 13.1 Å². The molecule has 2 aliphatic heterocycles. The smallest absolute Gasteiger partial charge is 0.308 e. The number of amides is 1. The van der Waals surface area contributed by atoms with Crippen molar-refractivity contribution >= 4 is 11.9 Å². The number of carboxylic acid groups (broad SMARTS) is 1. The maximum absolute atomic E-state index is 12.5. The van der Waals surface area contributed by atoms with Crippen molar-refractivity contribution in [2.24, 2.45) is 5.92 Å². The third kappa shape index (κ3) is 2.41. The molecule has 106 valence electrons. The third-order valence-corrected chi connectivity index (χ3v) is 4.14. The van der Waals surface area contributed by atoms with E-state index in [-0.39, 0.29) is 5.91 Å². The summed E-state index contributed by atoms with van der Waals surface area (Å²) in [6.45, 7) is 2.63. The third-order valence-electron chi connectivity index (χ3n) is 4.14. The van der Waals surface area contributed by atoms with Crippen LogP contribution in [0.2, 0.25) is 0 Å². The topological polar surface area (TPSA) is 69.6 Å². The molecule has 5 nitrogen and oxygen atoms in total. The van der Waals surface area contributed by atoms with E-state index in [1.807, 2.05) is 18.2 Å². The number of hydrogen-bond acceptors (Lipinski definition) is 3. The predicted octanol–water partition coefficient (Wildman–Crippen LogP) is 1.23. The van der Waals surface area contributed by atoms with Crippen LogP contribution < -0.4 is 5.32 Å². The van der Waals surface area contributed by atoms with Gasteiger partial charge in [0.25, 0.3) is 5.91 Å². The van der Waals surface area contributed by atoms with Crippen molar-refractivity contribution < 1.29 is 14.7 Å². The summed E-state index contributed by atoms with van der Waals surface area (Å²) in [7, 11) is 0. The van der Waals surface area contributed by atoms with Gasteiger partial charge in [0.2, 0.25) is 0 Å². The van der Waals surface area contributed by atoms with Crippen LogP contribution in [0.4, 0.5) is 0 Å². The summed E-state index contributed by atoms with van der Waals surface area (Å²) in [5, 5.41) is 12.3. The van der Waals surface area contributed by atoms with Crippen LogP contribution in [0, 0.1) is 5.92 Å². The van der Waals surface area contributed by atoms with Crippen LogP contribution in [0.15, 0.2) is 18.2 Å². The summed E-state index contributed by atoms with van der Waals surface area (Å²) in [5.74, 6) is -1.28. The van der Waals surface area contributed by atoms with E-state index < -0.39 is 11.9 Å². The zero-order valence-electron chi connectivity index (χ0n) is 11.3. The van der Waals surface area contributed by atoms with E-state index in [4.69, 9.17) is 5.11 Å². The summed E-state index contributed by atoms with van der Waals surface area (Å²) in [6, 6.07) is 5.77. The number of fused-ring (bicyclic) bond motifs is 1. The van der Waals surface area contributed by atoms with Gasteiger partial charge in [-0.05, 0) is 36.1 Å². The first-order valence-electron chi connectivity index (χ1n) is 7.00. The molecule has 0 radical (unpaired) electrons. The average molecular weight is 274 g/mol. The average Bonchev–Trinajstić information content (AvgIpc) is 2.94. The van der Waals surface area contributed by atoms with E-state index in [9.17, 15) is 9.59 Å². The Balaban J connectivity index is 1.76. The van der Waals surface area contributed by atoms with Crippen LogP contribution in [0.3, 0.4) is 0 Å². The molecule has 2 N–H and O–H groups in total. The van der Waals surface area contributed by atoms with Crippen LogP contribution in [-0.4, -0.2) is 35.0 Å². The Morgan fingerprint density at radius 1 is 1.25 bits per heavy atom. The molecule has 1 saturated heterocycles. The van der Waals surface area contributed by atoms with Crippen molar-refractivity contribution in [2.45, 2.75) is 25.9 Å². The summed E-state index contributed by atoms with van der Waals surface area (Å²) in [5.41, 5.74) is 3.07. The first kappa shape index (κ1) is 13.1. The van der Waals surface area contributed by atoms with Gasteiger partial charge in [0.15, 0.2) is 0 Å². The lowest BCUT2D eigenvalue weighted by molar-refractivity contribution is -0.143. The lowest BCUT2D eigenvalue weighted by Crippen LogP contribution is -2.42. The molecule has 5 heteroatoms. The van der Waals surface area contributed by atoms with Crippen molar-refractivity contribution in [3.8, 4) is 0 Å². The van der Waals surface area contributed by atoms with Gasteiger partial charge in [-0.1, -0.05) is 6.07 Å². The molecule has 0 saturated carbocycles. The molecule has 1 fully saturated rings. The van der Waals surface area contributed by atoms with E-state index in [0.29, 0.717) is 25.1 Å². The second-order valence-electron chi connectivity index (χ2n) is 5.52. The molecule has 2 aliphatic rings. The number of carbonyl (C=O) groups excluding carboxylic acids is 1. The summed E-state index contributed by atoms with van der Waals surface area (Å²) >= 11 is 0. The first-order chi connectivity index (χ1) is 9.65. The molecule has 0 bridgehead atoms. The Morgan fingerprint density at radius 2 is 2.05 bits per heavy atom. The minimum absolute atomic E-state index is 0.0503. The highest BCUT2D eigenvalue weighted by Gasteiger charge is 2.29. The van der Waals surface area contributed by atoms with E-state index in [1.54, 1.807) is 4.90 Å². The highest BCUT2D eigenvalue weighted by Crippen LogP contribution is 2.21. The SMILES string of the molecule is O=C(O)[C@@H]1CCCN(C(=O)c2ccc3c(c2)CNC3)C1. The Morgan fingerprint density at radius 3 is 2.85 bits per heavy atom. The number of rotatable bonds is 2. The maximum atomic E-state index is 12.5. The minimum Gasteiger partial charge on any atom is -0.481 e. The van der Waals surface area contributed by atoms with E-state index in [0.717, 1.165) is 19.5 Å². The molecule has 0 aromatic heterocycles. The Hall–Kier alpha value is -1.88. The molecule has 0 spiro atoms. The van der Waals surface area contributed by atoms with Gasteiger partial charge >= 0.3 is 5.97 Å². The van der Waals surface area contributed by atoms with Crippen molar-refractivity contribution in [1.29, 1.82) is 0 Å². The maximum Gasteiger partial charge on any atom is 0.308 e. The Labute approximate surface area is 117 Å². The molecular formula is C15H18N2O3. The zero-order valence-corrected chi connectivity index (χ0v) is 11.3. The van der Waals surface area contributed by atoms with Crippen LogP contribution >= 0.6 is 0 Å². The van der Waals surface area contributed by atoms with Crippen LogP contribution in [0.1, 0.15) is 34.3 Å². The van der Waals surface area contributed by atoms with Gasteiger partial charge in [0, 0.05) is 31.7 Å². The molecule has 20 heavy (non-hydrogen) atoms. The highest BCUT2D eigenvalue weighted by molar-refractivity contribution is 5.95. The van der Waals surface area contributed by atoms with Gasteiger partial charge in [0.05, 0.1) is 5.92 Å². The number of likely N-dealkylation sites (tertiary alicyclic amines) is 1. The lowest BCUT2D eigenvalue weighted by Gasteiger charge is -2.30. The minimum atomic E-state index is -0.805. The van der Waals surface area contributed by atoms with Gasteiger partial charge < -0.3 is 15.3 Å². The Kier molecular flexibility index (Phi) is 3.44. The van der Waals surface area contributed by atoms with Crippen molar-refractivity contribution in [3.05, 3.63) is 34.9 Å². The fourth-order valence-electron chi connectivity index (χ4n) is 2.97. The van der Waals surface area contributed by atoms with E-state index in [2.05, 4.69) is 5.32 Å². The number of aliphatic carboxylic acids is 1. The quantitative estimate of drug-likeness (QED) is 0.851. The largest absolute Gasteiger partial charge is 0.481 e. The molecule has 1 aromatic rings. The zero-order chi connectivity index (χ0) is 14.1. The predicted molar refractivity (Wildman–Crippen MR) is 73.2 cm³/mol. The second-order valence-corrected chi connectivity index (χ2v) is 5.52. The van der Waals surface area contributed by atoms with Crippen LogP contribution in [0.25, 0.3) is 0 Å². The van der Waals surface area contributed by atoms with Crippen LogP contribution in [0.5, 0.6) is 0 Å². The normalized spacial score (nSPS) is 21.6. The number of nitrogens with zero attached hydrogens (tertiary/aromatic N) is 1. The number of nitrogens with one attached hydrogen (secondary N) is 1. The Bertz CT molecular complexity index is 556. The number of benzene rings is 1. The standard InChI is InChI=1S/C15H18N2O3/c18-14(17-5-1-2-12(9-17)15(19)20)10-3-4-11-7-16-8-13(11)6-10/h3-4,6,12,16H,1-2,5,7-9H2,(H,19,20)/t12-/m1/s1.